The van der Waals surface area contributed by atoms with Gasteiger partial charge in [0.2, 0.25) is 10.0 Å². The zero-order valence-corrected chi connectivity index (χ0v) is 18.8. The predicted octanol–water partition coefficient (Wildman–Crippen LogP) is 4.82. The van der Waals surface area contributed by atoms with E-state index in [0.717, 1.165) is 34.4 Å². The molecule has 0 aliphatic rings. The molecule has 1 N–H and O–H groups in total. The standard InChI is InChI=1S/C24H25FN2O3S/c1-16-12-17(2)23(18(3)13-16)26-24(28)21-14-20(10-11-22(21)25)31(29,30)27(4)15-19-8-6-5-7-9-19/h5-14H,15H2,1-4H3,(H,26,28). The number of hydrogen-bond donors (Lipinski definition) is 1. The molecule has 0 heterocycles. The van der Waals surface area contributed by atoms with Gasteiger partial charge in [0.15, 0.2) is 0 Å². The first kappa shape index (κ1) is 22.7. The third kappa shape index (κ3) is 5.00. The van der Waals surface area contributed by atoms with Gasteiger partial charge in [0.25, 0.3) is 5.91 Å². The van der Waals surface area contributed by atoms with E-state index in [9.17, 15) is 17.6 Å². The van der Waals surface area contributed by atoms with Crippen molar-refractivity contribution in [1.29, 1.82) is 0 Å². The van der Waals surface area contributed by atoms with Crippen molar-refractivity contribution >= 4 is 21.6 Å². The van der Waals surface area contributed by atoms with E-state index in [2.05, 4.69) is 5.32 Å². The maximum absolute atomic E-state index is 14.5. The molecule has 0 aromatic heterocycles. The van der Waals surface area contributed by atoms with Gasteiger partial charge >= 0.3 is 0 Å². The lowest BCUT2D eigenvalue weighted by molar-refractivity contribution is 0.102. The average Bonchev–Trinajstić information content (AvgIpc) is 2.71. The molecular weight excluding hydrogens is 415 g/mol. The fourth-order valence-corrected chi connectivity index (χ4v) is 4.69. The van der Waals surface area contributed by atoms with Crippen LogP contribution in [0.25, 0.3) is 0 Å². The Morgan fingerprint density at radius 3 is 2.19 bits per heavy atom. The Morgan fingerprint density at radius 1 is 0.968 bits per heavy atom. The first-order valence-corrected chi connectivity index (χ1v) is 11.2. The van der Waals surface area contributed by atoms with Gasteiger partial charge in [-0.2, -0.15) is 4.31 Å². The normalized spacial score (nSPS) is 11.5. The van der Waals surface area contributed by atoms with Crippen LogP contribution in [0.15, 0.2) is 65.6 Å². The lowest BCUT2D eigenvalue weighted by Crippen LogP contribution is -2.27. The van der Waals surface area contributed by atoms with Gasteiger partial charge in [-0.25, -0.2) is 12.8 Å². The largest absolute Gasteiger partial charge is 0.321 e. The first-order chi connectivity index (χ1) is 14.6. The van der Waals surface area contributed by atoms with E-state index in [1.54, 1.807) is 0 Å². The van der Waals surface area contributed by atoms with Gasteiger partial charge in [0.05, 0.1) is 10.5 Å². The van der Waals surface area contributed by atoms with Crippen LogP contribution in [-0.2, 0) is 16.6 Å². The summed E-state index contributed by atoms with van der Waals surface area (Å²) < 4.78 is 41.6. The molecule has 0 radical (unpaired) electrons. The van der Waals surface area contributed by atoms with E-state index >= 15 is 0 Å². The van der Waals surface area contributed by atoms with Crippen LogP contribution >= 0.6 is 0 Å². The Hall–Kier alpha value is -3.03. The van der Waals surface area contributed by atoms with Crippen molar-refractivity contribution in [2.75, 3.05) is 12.4 Å². The predicted molar refractivity (Wildman–Crippen MR) is 120 cm³/mol. The molecule has 1 amide bonds. The number of benzene rings is 3. The summed E-state index contributed by atoms with van der Waals surface area (Å²) in [6.45, 7) is 5.81. The molecule has 7 heteroatoms. The highest BCUT2D eigenvalue weighted by molar-refractivity contribution is 7.89. The monoisotopic (exact) mass is 440 g/mol. The quantitative estimate of drug-likeness (QED) is 0.597. The SMILES string of the molecule is Cc1cc(C)c(NC(=O)c2cc(S(=O)(=O)N(C)Cc3ccccc3)ccc2F)c(C)c1. The third-order valence-electron chi connectivity index (χ3n) is 5.05. The number of sulfonamides is 1. The van der Waals surface area contributed by atoms with E-state index in [1.807, 2.05) is 63.2 Å². The lowest BCUT2D eigenvalue weighted by atomic mass is 10.0. The van der Waals surface area contributed by atoms with E-state index in [-0.39, 0.29) is 17.0 Å². The fourth-order valence-electron chi connectivity index (χ4n) is 3.50. The number of halogens is 1. The van der Waals surface area contributed by atoms with Crippen LogP contribution in [0.4, 0.5) is 10.1 Å². The minimum atomic E-state index is -3.92. The van der Waals surface area contributed by atoms with E-state index in [1.165, 1.54) is 17.4 Å². The fraction of sp³-hybridized carbons (Fsp3) is 0.208. The molecule has 0 atom stereocenters. The highest BCUT2D eigenvalue weighted by Gasteiger charge is 2.24. The van der Waals surface area contributed by atoms with Crippen molar-refractivity contribution in [2.24, 2.45) is 0 Å². The Labute approximate surface area is 182 Å². The maximum Gasteiger partial charge on any atom is 0.258 e. The summed E-state index contributed by atoms with van der Waals surface area (Å²) in [5, 5.41) is 2.72. The number of rotatable bonds is 6. The average molecular weight is 441 g/mol. The van der Waals surface area contributed by atoms with Gasteiger partial charge in [-0.3, -0.25) is 4.79 Å². The van der Waals surface area contributed by atoms with E-state index in [4.69, 9.17) is 0 Å². The van der Waals surface area contributed by atoms with Crippen LogP contribution < -0.4 is 5.32 Å². The Morgan fingerprint density at radius 2 is 1.58 bits per heavy atom. The number of aryl methyl sites for hydroxylation is 3. The third-order valence-corrected chi connectivity index (χ3v) is 6.85. The van der Waals surface area contributed by atoms with Crippen LogP contribution in [0.2, 0.25) is 0 Å². The molecule has 3 rings (SSSR count). The molecule has 0 fully saturated rings. The van der Waals surface area contributed by atoms with Crippen molar-refractivity contribution in [3.63, 3.8) is 0 Å². The van der Waals surface area contributed by atoms with Crippen molar-refractivity contribution < 1.29 is 17.6 Å². The van der Waals surface area contributed by atoms with E-state index in [0.29, 0.717) is 5.69 Å². The maximum atomic E-state index is 14.5. The number of anilines is 1. The minimum absolute atomic E-state index is 0.144. The van der Waals surface area contributed by atoms with Crippen LogP contribution in [0.1, 0.15) is 32.6 Å². The molecule has 0 spiro atoms. The van der Waals surface area contributed by atoms with Gasteiger partial charge in [0.1, 0.15) is 5.82 Å². The van der Waals surface area contributed by atoms with Crippen molar-refractivity contribution in [3.05, 3.63) is 94.3 Å². The summed E-state index contributed by atoms with van der Waals surface area (Å²) in [6.07, 6.45) is 0. The number of hydrogen-bond acceptors (Lipinski definition) is 3. The zero-order valence-electron chi connectivity index (χ0n) is 17.9. The molecule has 0 aliphatic carbocycles. The number of nitrogens with one attached hydrogen (secondary N) is 1. The van der Waals surface area contributed by atoms with Gasteiger partial charge in [-0.1, -0.05) is 48.0 Å². The van der Waals surface area contributed by atoms with Crippen molar-refractivity contribution in [2.45, 2.75) is 32.2 Å². The summed E-state index contributed by atoms with van der Waals surface area (Å²) in [5.41, 5.74) is 3.82. The summed E-state index contributed by atoms with van der Waals surface area (Å²) >= 11 is 0. The number of carbonyl (C=O) groups excluding carboxylic acids is 1. The highest BCUT2D eigenvalue weighted by atomic mass is 32.2. The number of amides is 1. The summed E-state index contributed by atoms with van der Waals surface area (Å²) in [7, 11) is -2.47. The molecular formula is C24H25FN2O3S. The van der Waals surface area contributed by atoms with Crippen LogP contribution in [-0.4, -0.2) is 25.7 Å². The van der Waals surface area contributed by atoms with Crippen LogP contribution in [0.3, 0.4) is 0 Å². The molecule has 0 bridgehead atoms. The molecule has 5 nitrogen and oxygen atoms in total. The second-order valence-electron chi connectivity index (χ2n) is 7.62. The Balaban J connectivity index is 1.90. The Bertz CT molecular complexity index is 1200. The smallest absolute Gasteiger partial charge is 0.258 e. The highest BCUT2D eigenvalue weighted by Crippen LogP contribution is 2.25. The number of nitrogens with zero attached hydrogens (tertiary/aromatic N) is 1. The van der Waals surface area contributed by atoms with Gasteiger partial charge in [0, 0.05) is 19.3 Å². The summed E-state index contributed by atoms with van der Waals surface area (Å²) in [6, 6.07) is 16.2. The summed E-state index contributed by atoms with van der Waals surface area (Å²) in [4.78, 5) is 12.7. The second-order valence-corrected chi connectivity index (χ2v) is 9.66. The second kappa shape index (κ2) is 8.99. The molecule has 3 aromatic carbocycles. The zero-order chi connectivity index (χ0) is 22.8. The van der Waals surface area contributed by atoms with Gasteiger partial charge in [-0.05, 0) is 55.7 Å². The molecule has 162 valence electrons. The minimum Gasteiger partial charge on any atom is -0.321 e. The molecule has 31 heavy (non-hydrogen) atoms. The molecule has 0 aliphatic heterocycles. The Kier molecular flexibility index (Phi) is 6.57. The van der Waals surface area contributed by atoms with Crippen molar-refractivity contribution in [1.82, 2.24) is 4.31 Å². The van der Waals surface area contributed by atoms with Gasteiger partial charge in [-0.15, -0.1) is 0 Å². The van der Waals surface area contributed by atoms with Gasteiger partial charge < -0.3 is 5.32 Å². The van der Waals surface area contributed by atoms with E-state index < -0.39 is 21.7 Å². The topological polar surface area (TPSA) is 66.5 Å². The molecule has 0 unspecified atom stereocenters. The van der Waals surface area contributed by atoms with Crippen LogP contribution in [0.5, 0.6) is 0 Å². The molecule has 0 saturated carbocycles. The first-order valence-electron chi connectivity index (χ1n) is 9.78. The number of carbonyl (C=O) groups is 1. The molecule has 0 saturated heterocycles. The summed E-state index contributed by atoms with van der Waals surface area (Å²) in [5.74, 6) is -1.49. The van der Waals surface area contributed by atoms with Crippen molar-refractivity contribution in [3.8, 4) is 0 Å². The van der Waals surface area contributed by atoms with Crippen LogP contribution in [0, 0.1) is 26.6 Å². The lowest BCUT2D eigenvalue weighted by Gasteiger charge is -2.18. The molecule has 3 aromatic rings.